The summed E-state index contributed by atoms with van der Waals surface area (Å²) < 4.78 is 27.1. The molecule has 1 aliphatic heterocycles. The first kappa shape index (κ1) is 22.6. The van der Waals surface area contributed by atoms with E-state index in [1.165, 1.54) is 22.0 Å². The van der Waals surface area contributed by atoms with Crippen molar-refractivity contribution < 1.29 is 18.1 Å². The lowest BCUT2D eigenvalue weighted by Crippen LogP contribution is -3.12. The Bertz CT molecular complexity index is 753. The van der Waals surface area contributed by atoms with Crippen LogP contribution in [0.4, 0.5) is 11.4 Å². The van der Waals surface area contributed by atoms with E-state index in [0.717, 1.165) is 31.6 Å². The van der Waals surface area contributed by atoms with E-state index in [1.807, 2.05) is 32.8 Å². The molecule has 1 heterocycles. The summed E-state index contributed by atoms with van der Waals surface area (Å²) in [6.45, 7) is 6.92. The van der Waals surface area contributed by atoms with Crippen LogP contribution < -0.4 is 15.1 Å². The lowest BCUT2D eigenvalue weighted by Gasteiger charge is -2.22. The van der Waals surface area contributed by atoms with Gasteiger partial charge in [0.05, 0.1) is 29.4 Å². The number of rotatable bonds is 8. The molecule has 0 aromatic heterocycles. The van der Waals surface area contributed by atoms with E-state index in [1.54, 1.807) is 18.2 Å². The molecule has 1 saturated heterocycles. The minimum absolute atomic E-state index is 0.0719. The standard InChI is InChI=1S/C20H34N4O3S/c1-5-24(6-2)28(26,27)17-11-12-19(22(3)4)18(15-17)21-20(25)16-23-13-9-7-8-10-14-23/h11-12,15H,5-10,13-14,16H2,1-4H3,(H,21,25)/p+1. The first-order chi connectivity index (χ1) is 13.3. The van der Waals surface area contributed by atoms with Gasteiger partial charge < -0.3 is 15.1 Å². The van der Waals surface area contributed by atoms with Crippen LogP contribution in [-0.4, -0.2) is 65.4 Å². The van der Waals surface area contributed by atoms with E-state index in [9.17, 15) is 13.2 Å². The number of hydrogen-bond acceptors (Lipinski definition) is 4. The molecule has 0 saturated carbocycles. The zero-order valence-electron chi connectivity index (χ0n) is 17.6. The maximum atomic E-state index is 12.9. The normalized spacial score (nSPS) is 16.0. The highest BCUT2D eigenvalue weighted by molar-refractivity contribution is 7.89. The molecule has 8 heteroatoms. The number of likely N-dealkylation sites (tertiary alicyclic amines) is 1. The molecule has 0 atom stereocenters. The highest BCUT2D eigenvalue weighted by Crippen LogP contribution is 2.29. The third kappa shape index (κ3) is 5.68. The average molecular weight is 412 g/mol. The van der Waals surface area contributed by atoms with Gasteiger partial charge in [-0.1, -0.05) is 13.8 Å². The first-order valence-electron chi connectivity index (χ1n) is 10.2. The summed E-state index contributed by atoms with van der Waals surface area (Å²) >= 11 is 0. The fourth-order valence-corrected chi connectivity index (χ4v) is 5.19. The largest absolute Gasteiger partial charge is 0.376 e. The molecule has 0 bridgehead atoms. The van der Waals surface area contributed by atoms with Gasteiger partial charge in [-0.05, 0) is 43.9 Å². The van der Waals surface area contributed by atoms with Crippen molar-refractivity contribution in [1.29, 1.82) is 0 Å². The highest BCUT2D eigenvalue weighted by atomic mass is 32.2. The Morgan fingerprint density at radius 2 is 1.68 bits per heavy atom. The van der Waals surface area contributed by atoms with Gasteiger partial charge in [0.1, 0.15) is 0 Å². The van der Waals surface area contributed by atoms with E-state index in [0.29, 0.717) is 25.3 Å². The van der Waals surface area contributed by atoms with Crippen LogP contribution >= 0.6 is 0 Å². The van der Waals surface area contributed by atoms with E-state index in [2.05, 4.69) is 5.32 Å². The molecule has 158 valence electrons. The lowest BCUT2D eigenvalue weighted by molar-refractivity contribution is -0.890. The molecule has 1 aromatic carbocycles. The fourth-order valence-electron chi connectivity index (χ4n) is 3.71. The molecule has 0 radical (unpaired) electrons. The number of hydrogen-bond donors (Lipinski definition) is 2. The van der Waals surface area contributed by atoms with Crippen LogP contribution in [0.2, 0.25) is 0 Å². The quantitative estimate of drug-likeness (QED) is 0.674. The first-order valence-corrected chi connectivity index (χ1v) is 11.7. The Balaban J connectivity index is 2.24. The predicted octanol–water partition coefficient (Wildman–Crippen LogP) is 1.18. The number of nitrogens with zero attached hydrogens (tertiary/aromatic N) is 2. The van der Waals surface area contributed by atoms with Crippen molar-refractivity contribution in [2.75, 3.05) is 57.0 Å². The van der Waals surface area contributed by atoms with Gasteiger partial charge in [0, 0.05) is 27.2 Å². The average Bonchev–Trinajstić information content (AvgIpc) is 2.90. The Morgan fingerprint density at radius 1 is 1.07 bits per heavy atom. The minimum Gasteiger partial charge on any atom is -0.376 e. The van der Waals surface area contributed by atoms with Crippen molar-refractivity contribution in [3.05, 3.63) is 18.2 Å². The van der Waals surface area contributed by atoms with Crippen LogP contribution in [0.15, 0.2) is 23.1 Å². The van der Waals surface area contributed by atoms with Crippen molar-refractivity contribution in [1.82, 2.24) is 4.31 Å². The number of anilines is 2. The van der Waals surface area contributed by atoms with Gasteiger partial charge in [-0.3, -0.25) is 4.79 Å². The molecule has 0 aliphatic carbocycles. The molecule has 1 aromatic rings. The minimum atomic E-state index is -3.58. The second kappa shape index (κ2) is 10.2. The Hall–Kier alpha value is -1.64. The van der Waals surface area contributed by atoms with Gasteiger partial charge in [-0.25, -0.2) is 8.42 Å². The summed E-state index contributed by atoms with van der Waals surface area (Å²) in [6.07, 6.45) is 4.79. The number of sulfonamides is 1. The van der Waals surface area contributed by atoms with Gasteiger partial charge in [0.15, 0.2) is 6.54 Å². The van der Waals surface area contributed by atoms with Crippen LogP contribution in [0.5, 0.6) is 0 Å². The molecule has 2 N–H and O–H groups in total. The third-order valence-electron chi connectivity index (χ3n) is 5.29. The Labute approximate surface area is 169 Å². The maximum absolute atomic E-state index is 12.9. The van der Waals surface area contributed by atoms with Gasteiger partial charge >= 0.3 is 0 Å². The topological polar surface area (TPSA) is 74.2 Å². The number of carbonyl (C=O) groups is 1. The van der Waals surface area contributed by atoms with Crippen molar-refractivity contribution >= 4 is 27.3 Å². The number of nitrogens with one attached hydrogen (secondary N) is 2. The predicted molar refractivity (Wildman–Crippen MR) is 114 cm³/mol. The zero-order valence-corrected chi connectivity index (χ0v) is 18.4. The Morgan fingerprint density at radius 3 is 2.21 bits per heavy atom. The molecule has 7 nitrogen and oxygen atoms in total. The van der Waals surface area contributed by atoms with Crippen LogP contribution in [-0.2, 0) is 14.8 Å². The van der Waals surface area contributed by atoms with E-state index < -0.39 is 10.0 Å². The monoisotopic (exact) mass is 411 g/mol. The second-order valence-corrected chi connectivity index (χ2v) is 9.49. The molecule has 1 amide bonds. The van der Waals surface area contributed by atoms with Crippen molar-refractivity contribution in [2.45, 2.75) is 44.4 Å². The Kier molecular flexibility index (Phi) is 8.27. The summed E-state index contributed by atoms with van der Waals surface area (Å²) in [5.41, 5.74) is 1.33. The van der Waals surface area contributed by atoms with E-state index in [4.69, 9.17) is 0 Å². The maximum Gasteiger partial charge on any atom is 0.279 e. The second-order valence-electron chi connectivity index (χ2n) is 7.55. The number of benzene rings is 1. The van der Waals surface area contributed by atoms with Crippen LogP contribution in [0.25, 0.3) is 0 Å². The summed E-state index contributed by atoms with van der Waals surface area (Å²) in [6, 6.07) is 4.95. The SMILES string of the molecule is CCN(CC)S(=O)(=O)c1ccc(N(C)C)c(NC(=O)C[NH+]2CCCCCC2)c1. The van der Waals surface area contributed by atoms with Gasteiger partial charge in [-0.15, -0.1) is 0 Å². The molecular formula is C20H35N4O3S+. The lowest BCUT2D eigenvalue weighted by atomic mass is 10.2. The fraction of sp³-hybridized carbons (Fsp3) is 0.650. The van der Waals surface area contributed by atoms with Crippen molar-refractivity contribution in [3.8, 4) is 0 Å². The molecule has 28 heavy (non-hydrogen) atoms. The van der Waals surface area contributed by atoms with Gasteiger partial charge in [-0.2, -0.15) is 4.31 Å². The summed E-state index contributed by atoms with van der Waals surface area (Å²) in [7, 11) is 0.181. The zero-order chi connectivity index (χ0) is 20.7. The van der Waals surface area contributed by atoms with Crippen molar-refractivity contribution in [2.24, 2.45) is 0 Å². The van der Waals surface area contributed by atoms with Crippen LogP contribution in [0, 0.1) is 0 Å². The molecule has 0 unspecified atom stereocenters. The molecule has 1 fully saturated rings. The number of quaternary nitrogens is 1. The third-order valence-corrected chi connectivity index (χ3v) is 7.33. The van der Waals surface area contributed by atoms with E-state index >= 15 is 0 Å². The number of carbonyl (C=O) groups excluding carboxylic acids is 1. The van der Waals surface area contributed by atoms with Crippen LogP contribution in [0.1, 0.15) is 39.5 Å². The summed E-state index contributed by atoms with van der Waals surface area (Å²) in [4.78, 5) is 16.0. The number of amides is 1. The molecule has 2 rings (SSSR count). The van der Waals surface area contributed by atoms with Gasteiger partial charge in [0.2, 0.25) is 10.0 Å². The molecule has 0 spiro atoms. The van der Waals surface area contributed by atoms with E-state index in [-0.39, 0.29) is 10.8 Å². The molecule has 1 aliphatic rings. The molecular weight excluding hydrogens is 376 g/mol. The van der Waals surface area contributed by atoms with Crippen molar-refractivity contribution in [3.63, 3.8) is 0 Å². The van der Waals surface area contributed by atoms with Gasteiger partial charge in [0.25, 0.3) is 5.91 Å². The summed E-state index contributed by atoms with van der Waals surface area (Å²) in [5, 5.41) is 2.96. The summed E-state index contributed by atoms with van der Waals surface area (Å²) in [5.74, 6) is -0.0719. The smallest absolute Gasteiger partial charge is 0.279 e. The highest BCUT2D eigenvalue weighted by Gasteiger charge is 2.24. The van der Waals surface area contributed by atoms with Crippen LogP contribution in [0.3, 0.4) is 0 Å².